The summed E-state index contributed by atoms with van der Waals surface area (Å²) < 4.78 is 18.6. The molecule has 0 saturated carbocycles. The Balaban J connectivity index is 1.83. The fourth-order valence-electron chi connectivity index (χ4n) is 2.52. The molecule has 1 aromatic heterocycles. The number of hydrogen-bond acceptors (Lipinski definition) is 4. The first kappa shape index (κ1) is 13.2. The maximum Gasteiger partial charge on any atom is 0.257 e. The van der Waals surface area contributed by atoms with E-state index in [0.29, 0.717) is 17.3 Å². The van der Waals surface area contributed by atoms with Gasteiger partial charge < -0.3 is 9.84 Å². The summed E-state index contributed by atoms with van der Waals surface area (Å²) in [6.45, 7) is 2.72. The summed E-state index contributed by atoms with van der Waals surface area (Å²) in [7, 11) is 0. The summed E-state index contributed by atoms with van der Waals surface area (Å²) >= 11 is 0. The van der Waals surface area contributed by atoms with Crippen LogP contribution in [0.3, 0.4) is 0 Å². The Morgan fingerprint density at radius 1 is 1.30 bits per heavy atom. The van der Waals surface area contributed by atoms with Crippen molar-refractivity contribution in [3.63, 3.8) is 0 Å². The minimum Gasteiger partial charge on any atom is -0.334 e. The van der Waals surface area contributed by atoms with Crippen LogP contribution in [-0.2, 0) is 0 Å². The number of hydrogen-bond donors (Lipinski definition) is 1. The Morgan fingerprint density at radius 3 is 3.05 bits per heavy atom. The largest absolute Gasteiger partial charge is 0.334 e. The molecule has 0 aliphatic carbocycles. The Bertz CT molecular complexity index is 589. The maximum absolute atomic E-state index is 13.3. The van der Waals surface area contributed by atoms with Gasteiger partial charge in [-0.15, -0.1) is 0 Å². The molecule has 1 unspecified atom stereocenters. The van der Waals surface area contributed by atoms with Crippen molar-refractivity contribution in [3.8, 4) is 11.5 Å². The van der Waals surface area contributed by atoms with Crippen LogP contribution in [0.4, 0.5) is 4.39 Å². The molecular formula is C15H18FN3O. The van der Waals surface area contributed by atoms with Crippen LogP contribution in [-0.4, -0.2) is 16.7 Å². The lowest BCUT2D eigenvalue weighted by Gasteiger charge is -2.09. The van der Waals surface area contributed by atoms with Gasteiger partial charge in [-0.05, 0) is 50.1 Å². The number of nitrogens with one attached hydrogen (secondary N) is 1. The van der Waals surface area contributed by atoms with Crippen LogP contribution in [0.1, 0.15) is 43.1 Å². The molecule has 1 aromatic carbocycles. The Labute approximate surface area is 117 Å². The molecule has 0 spiro atoms. The summed E-state index contributed by atoms with van der Waals surface area (Å²) in [6.07, 6.45) is 4.64. The van der Waals surface area contributed by atoms with Gasteiger partial charge in [-0.2, -0.15) is 4.98 Å². The van der Waals surface area contributed by atoms with E-state index in [1.165, 1.54) is 25.3 Å². The van der Waals surface area contributed by atoms with Crippen LogP contribution in [0, 0.1) is 12.7 Å². The summed E-state index contributed by atoms with van der Waals surface area (Å²) in [4.78, 5) is 4.45. The third-order valence-corrected chi connectivity index (χ3v) is 3.72. The van der Waals surface area contributed by atoms with Crippen molar-refractivity contribution >= 4 is 0 Å². The highest BCUT2D eigenvalue weighted by Crippen LogP contribution is 2.24. The second kappa shape index (κ2) is 5.71. The van der Waals surface area contributed by atoms with Gasteiger partial charge in [-0.3, -0.25) is 0 Å². The summed E-state index contributed by atoms with van der Waals surface area (Å²) in [5.41, 5.74) is 1.34. The van der Waals surface area contributed by atoms with Gasteiger partial charge in [0.2, 0.25) is 0 Å². The van der Waals surface area contributed by atoms with Gasteiger partial charge in [-0.1, -0.05) is 18.0 Å². The second-order valence-electron chi connectivity index (χ2n) is 5.28. The molecule has 2 heterocycles. The first-order chi connectivity index (χ1) is 9.74. The molecule has 5 heteroatoms. The molecule has 2 aromatic rings. The molecule has 1 fully saturated rings. The normalized spacial score (nSPS) is 19.8. The first-order valence-corrected chi connectivity index (χ1v) is 7.07. The Morgan fingerprint density at radius 2 is 2.20 bits per heavy atom. The van der Waals surface area contributed by atoms with Crippen molar-refractivity contribution in [1.82, 2.24) is 15.5 Å². The molecule has 1 aliphatic rings. The Kier molecular flexibility index (Phi) is 3.78. The molecule has 1 N–H and O–H groups in total. The van der Waals surface area contributed by atoms with Crippen molar-refractivity contribution in [2.24, 2.45) is 0 Å². The fourth-order valence-corrected chi connectivity index (χ4v) is 2.52. The topological polar surface area (TPSA) is 51.0 Å². The summed E-state index contributed by atoms with van der Waals surface area (Å²) in [5, 5.41) is 7.51. The van der Waals surface area contributed by atoms with Crippen LogP contribution in [0.15, 0.2) is 22.7 Å². The highest BCUT2D eigenvalue weighted by atomic mass is 19.1. The number of rotatable bonds is 2. The van der Waals surface area contributed by atoms with E-state index in [9.17, 15) is 4.39 Å². The van der Waals surface area contributed by atoms with Gasteiger partial charge >= 0.3 is 0 Å². The van der Waals surface area contributed by atoms with E-state index in [0.717, 1.165) is 18.5 Å². The third-order valence-electron chi connectivity index (χ3n) is 3.72. The minimum atomic E-state index is -0.223. The van der Waals surface area contributed by atoms with Gasteiger partial charge in [0.15, 0.2) is 5.82 Å². The molecule has 106 valence electrons. The highest BCUT2D eigenvalue weighted by molar-refractivity contribution is 5.54. The molecular weight excluding hydrogens is 257 g/mol. The number of halogens is 1. The summed E-state index contributed by atoms with van der Waals surface area (Å²) in [5.74, 6) is 0.928. The van der Waals surface area contributed by atoms with Gasteiger partial charge in [0.05, 0.1) is 6.04 Å². The Hall–Kier alpha value is -1.75. The van der Waals surface area contributed by atoms with E-state index in [-0.39, 0.29) is 11.9 Å². The zero-order valence-electron chi connectivity index (χ0n) is 11.5. The van der Waals surface area contributed by atoms with E-state index in [1.807, 2.05) is 0 Å². The van der Waals surface area contributed by atoms with E-state index < -0.39 is 0 Å². The van der Waals surface area contributed by atoms with E-state index in [4.69, 9.17) is 4.52 Å². The smallest absolute Gasteiger partial charge is 0.257 e. The number of benzene rings is 1. The molecule has 1 saturated heterocycles. The van der Waals surface area contributed by atoms with Crippen molar-refractivity contribution in [2.75, 3.05) is 6.54 Å². The van der Waals surface area contributed by atoms with E-state index >= 15 is 0 Å². The second-order valence-corrected chi connectivity index (χ2v) is 5.28. The van der Waals surface area contributed by atoms with Crippen LogP contribution < -0.4 is 5.32 Å². The predicted octanol–water partition coefficient (Wildman–Crippen LogP) is 3.39. The van der Waals surface area contributed by atoms with Gasteiger partial charge in [0.25, 0.3) is 5.89 Å². The highest BCUT2D eigenvalue weighted by Gasteiger charge is 2.20. The van der Waals surface area contributed by atoms with Crippen molar-refractivity contribution in [3.05, 3.63) is 35.4 Å². The molecule has 1 aliphatic heterocycles. The average molecular weight is 275 g/mol. The molecule has 1 atom stereocenters. The lowest BCUT2D eigenvalue weighted by molar-refractivity contribution is 0.402. The van der Waals surface area contributed by atoms with Gasteiger partial charge in [0, 0.05) is 5.56 Å². The van der Waals surface area contributed by atoms with Crippen LogP contribution in [0.5, 0.6) is 0 Å². The van der Waals surface area contributed by atoms with Crippen molar-refractivity contribution < 1.29 is 8.91 Å². The number of aromatic nitrogens is 2. The SMILES string of the molecule is Cc1cc(-c2nc(C3CCCCCN3)no2)ccc1F. The third kappa shape index (κ3) is 2.72. The van der Waals surface area contributed by atoms with Crippen molar-refractivity contribution in [2.45, 2.75) is 38.6 Å². The maximum atomic E-state index is 13.3. The van der Waals surface area contributed by atoms with Crippen LogP contribution in [0.25, 0.3) is 11.5 Å². The monoisotopic (exact) mass is 275 g/mol. The number of aryl methyl sites for hydroxylation is 1. The van der Waals surface area contributed by atoms with Crippen LogP contribution in [0.2, 0.25) is 0 Å². The molecule has 0 amide bonds. The molecule has 4 nitrogen and oxygen atoms in total. The average Bonchev–Trinajstić information content (AvgIpc) is 2.78. The van der Waals surface area contributed by atoms with Crippen LogP contribution >= 0.6 is 0 Å². The zero-order chi connectivity index (χ0) is 13.9. The molecule has 20 heavy (non-hydrogen) atoms. The quantitative estimate of drug-likeness (QED) is 0.912. The van der Waals surface area contributed by atoms with E-state index in [2.05, 4.69) is 15.5 Å². The summed E-state index contributed by atoms with van der Waals surface area (Å²) in [6, 6.07) is 4.99. The number of nitrogens with zero attached hydrogens (tertiary/aromatic N) is 2. The molecule has 0 bridgehead atoms. The minimum absolute atomic E-state index is 0.163. The van der Waals surface area contributed by atoms with Gasteiger partial charge in [-0.25, -0.2) is 4.39 Å². The van der Waals surface area contributed by atoms with Gasteiger partial charge in [0.1, 0.15) is 5.82 Å². The standard InChI is InChI=1S/C15H18FN3O/c1-10-9-11(6-7-12(10)16)15-18-14(19-20-15)13-5-3-2-4-8-17-13/h6-7,9,13,17H,2-5,8H2,1H3. The van der Waals surface area contributed by atoms with E-state index in [1.54, 1.807) is 19.1 Å². The molecule has 0 radical (unpaired) electrons. The first-order valence-electron chi connectivity index (χ1n) is 7.07. The predicted molar refractivity (Wildman–Crippen MR) is 73.6 cm³/mol. The molecule has 3 rings (SSSR count). The fraction of sp³-hybridized carbons (Fsp3) is 0.467. The zero-order valence-corrected chi connectivity index (χ0v) is 11.5. The van der Waals surface area contributed by atoms with Crippen molar-refractivity contribution in [1.29, 1.82) is 0 Å². The lowest BCUT2D eigenvalue weighted by Crippen LogP contribution is -2.21. The lowest BCUT2D eigenvalue weighted by atomic mass is 10.1.